The third-order valence-corrected chi connectivity index (χ3v) is 6.54. The molecular weight excluding hydrogens is 588 g/mol. The molecule has 1 aliphatic heterocycles. The number of Topliss-reactive ketones (excluding diaryl/α,β-unsaturated/α-hetero) is 1. The van der Waals surface area contributed by atoms with Gasteiger partial charge in [0.25, 0.3) is 0 Å². The third-order valence-electron chi connectivity index (χ3n) is 5.53. The van der Waals surface area contributed by atoms with E-state index in [1.165, 1.54) is 6.92 Å². The van der Waals surface area contributed by atoms with Crippen LogP contribution in [0.15, 0.2) is 40.9 Å². The Morgan fingerprint density at radius 2 is 1.44 bits per heavy atom. The van der Waals surface area contributed by atoms with Crippen molar-refractivity contribution in [1.82, 2.24) is 5.32 Å². The van der Waals surface area contributed by atoms with E-state index in [1.807, 2.05) is 0 Å². The maximum atomic E-state index is 12.9. The molecule has 1 N–H and O–H groups in total. The van der Waals surface area contributed by atoms with E-state index in [0.717, 1.165) is 39.5 Å². The molecule has 1 heterocycles. The number of carbonyl (C=O) groups excluding carboxylic acids is 6. The molecule has 1 aromatic rings. The third kappa shape index (κ3) is 10.7. The second-order valence-electron chi connectivity index (χ2n) is 8.88. The number of hydrogen-bond donors (Lipinski definition) is 1. The number of esters is 5. The Morgan fingerprint density at radius 3 is 1.98 bits per heavy atom. The summed E-state index contributed by atoms with van der Waals surface area (Å²) in [5, 5.41) is 12.5. The maximum Gasteiger partial charge on any atom is 0.351 e. The molecule has 0 spiro atoms. The Labute approximate surface area is 251 Å². The van der Waals surface area contributed by atoms with E-state index >= 15 is 0 Å². The van der Waals surface area contributed by atoms with Gasteiger partial charge in [-0.1, -0.05) is 42.1 Å². The van der Waals surface area contributed by atoms with Gasteiger partial charge < -0.3 is 33.7 Å². The summed E-state index contributed by atoms with van der Waals surface area (Å²) < 4.78 is 32.2. The summed E-state index contributed by atoms with van der Waals surface area (Å²) in [5.74, 6) is -4.80. The summed E-state index contributed by atoms with van der Waals surface area (Å²) in [6, 6.07) is 10.0. The monoisotopic (exact) mass is 620 g/mol. The molecule has 0 aliphatic carbocycles. The molecular formula is C28H32N2O12S. The number of ether oxygens (including phenoxy) is 6. The Hall–Kier alpha value is -4.42. The summed E-state index contributed by atoms with van der Waals surface area (Å²) >= 11 is 0.769. The first-order valence-corrected chi connectivity index (χ1v) is 14.0. The van der Waals surface area contributed by atoms with Crippen molar-refractivity contribution in [2.24, 2.45) is 0 Å². The van der Waals surface area contributed by atoms with Gasteiger partial charge in [-0.25, -0.2) is 4.79 Å². The molecule has 15 heteroatoms. The zero-order valence-electron chi connectivity index (χ0n) is 24.1. The molecule has 14 nitrogen and oxygen atoms in total. The standard InChI is InChI=1S/C28H32N2O12S/c1-6-37-28(36)20(12-29)27(43-14-21(35)19-10-8-7-9-11-19)30-26-25(41-18(5)34)24(40-17(4)33)23(39-16(3)32)22(42-26)13-38-15(2)31/h7-11,22-26,30H,6,13-14H2,1-5H3/t22?,23-,24?,25?,26-/m1/s1. The van der Waals surface area contributed by atoms with Gasteiger partial charge in [0.2, 0.25) is 0 Å². The number of carbonyl (C=O) groups is 6. The van der Waals surface area contributed by atoms with Gasteiger partial charge in [-0.15, -0.1) is 0 Å². The van der Waals surface area contributed by atoms with E-state index in [9.17, 15) is 34.0 Å². The number of benzene rings is 1. The van der Waals surface area contributed by atoms with Gasteiger partial charge in [0.1, 0.15) is 18.8 Å². The van der Waals surface area contributed by atoms with Crippen LogP contribution in [0.1, 0.15) is 45.0 Å². The number of nitrogens with one attached hydrogen (secondary N) is 1. The number of ketones is 1. The zero-order valence-corrected chi connectivity index (χ0v) is 25.0. The van der Waals surface area contributed by atoms with Crippen molar-refractivity contribution in [2.75, 3.05) is 19.0 Å². The largest absolute Gasteiger partial charge is 0.463 e. The van der Waals surface area contributed by atoms with Crippen LogP contribution in [0.3, 0.4) is 0 Å². The normalized spacial score (nSPS) is 21.6. The molecule has 2 rings (SSSR count). The molecule has 3 unspecified atom stereocenters. The van der Waals surface area contributed by atoms with E-state index in [2.05, 4.69) is 5.32 Å². The van der Waals surface area contributed by atoms with E-state index < -0.39 is 72.7 Å². The Kier molecular flexibility index (Phi) is 13.7. The quantitative estimate of drug-likeness (QED) is 0.110. The lowest BCUT2D eigenvalue weighted by atomic mass is 9.97. The number of nitriles is 1. The highest BCUT2D eigenvalue weighted by Gasteiger charge is 2.52. The van der Waals surface area contributed by atoms with Gasteiger partial charge >= 0.3 is 29.8 Å². The highest BCUT2D eigenvalue weighted by molar-refractivity contribution is 8.03. The molecule has 1 saturated heterocycles. The van der Waals surface area contributed by atoms with E-state index in [0.29, 0.717) is 5.56 Å². The average Bonchev–Trinajstić information content (AvgIpc) is 2.93. The summed E-state index contributed by atoms with van der Waals surface area (Å²) in [7, 11) is 0. The van der Waals surface area contributed by atoms with Gasteiger partial charge in [0.15, 0.2) is 35.9 Å². The SMILES string of the molecule is CCOC(=O)C(C#N)=C(N[C@@H]1OC(COC(C)=O)[C@@H](OC(C)=O)C(OC(C)=O)C1OC(C)=O)SCC(=O)c1ccccc1. The second kappa shape index (κ2) is 16.9. The molecule has 1 aromatic carbocycles. The van der Waals surface area contributed by atoms with Crippen molar-refractivity contribution in [3.8, 4) is 6.07 Å². The van der Waals surface area contributed by atoms with Crippen LogP contribution in [-0.4, -0.2) is 85.2 Å². The van der Waals surface area contributed by atoms with Crippen LogP contribution < -0.4 is 5.32 Å². The summed E-state index contributed by atoms with van der Waals surface area (Å²) in [4.78, 5) is 73.4. The highest BCUT2D eigenvalue weighted by Crippen LogP contribution is 2.31. The molecule has 232 valence electrons. The molecule has 1 aliphatic rings. The molecule has 5 atom stereocenters. The van der Waals surface area contributed by atoms with Crippen molar-refractivity contribution in [1.29, 1.82) is 5.26 Å². The number of hydrogen-bond acceptors (Lipinski definition) is 15. The van der Waals surface area contributed by atoms with Gasteiger partial charge in [-0.05, 0) is 6.92 Å². The van der Waals surface area contributed by atoms with Gasteiger partial charge in [0.05, 0.1) is 17.4 Å². The van der Waals surface area contributed by atoms with Crippen LogP contribution in [-0.2, 0) is 52.4 Å². The van der Waals surface area contributed by atoms with Crippen molar-refractivity contribution in [2.45, 2.75) is 65.3 Å². The fraction of sp³-hybridized carbons (Fsp3) is 0.464. The Balaban J connectivity index is 2.60. The van der Waals surface area contributed by atoms with Crippen LogP contribution in [0.2, 0.25) is 0 Å². The lowest BCUT2D eigenvalue weighted by molar-refractivity contribution is -0.256. The minimum Gasteiger partial charge on any atom is -0.463 e. The van der Waals surface area contributed by atoms with Crippen LogP contribution in [0.5, 0.6) is 0 Å². The first-order chi connectivity index (χ1) is 20.4. The molecule has 0 aromatic heterocycles. The predicted octanol–water partition coefficient (Wildman–Crippen LogP) is 1.57. The van der Waals surface area contributed by atoms with E-state index in [-0.39, 0.29) is 23.2 Å². The highest BCUT2D eigenvalue weighted by atomic mass is 32.2. The summed E-state index contributed by atoms with van der Waals surface area (Å²) in [6.45, 7) is 5.33. The fourth-order valence-corrected chi connectivity index (χ4v) is 4.81. The number of rotatable bonds is 13. The zero-order chi connectivity index (χ0) is 32.1. The fourth-order valence-electron chi connectivity index (χ4n) is 3.90. The smallest absolute Gasteiger partial charge is 0.351 e. The Bertz CT molecular complexity index is 1280. The van der Waals surface area contributed by atoms with Crippen molar-refractivity contribution >= 4 is 47.4 Å². The van der Waals surface area contributed by atoms with Crippen molar-refractivity contribution in [3.63, 3.8) is 0 Å². The topological polar surface area (TPSA) is 194 Å². The Morgan fingerprint density at radius 1 is 0.860 bits per heavy atom. The van der Waals surface area contributed by atoms with Crippen LogP contribution in [0.4, 0.5) is 0 Å². The first kappa shape index (κ1) is 34.8. The van der Waals surface area contributed by atoms with Crippen LogP contribution in [0.25, 0.3) is 0 Å². The molecule has 43 heavy (non-hydrogen) atoms. The van der Waals surface area contributed by atoms with Crippen LogP contribution in [0, 0.1) is 11.3 Å². The molecule has 0 amide bonds. The van der Waals surface area contributed by atoms with Gasteiger partial charge in [-0.3, -0.25) is 24.0 Å². The first-order valence-electron chi connectivity index (χ1n) is 13.0. The number of thioether (sulfide) groups is 1. The maximum absolute atomic E-state index is 12.9. The lowest BCUT2D eigenvalue weighted by Gasteiger charge is -2.44. The molecule has 1 fully saturated rings. The minimum absolute atomic E-state index is 0.0655. The molecule has 0 radical (unpaired) electrons. The van der Waals surface area contributed by atoms with Crippen molar-refractivity contribution < 1.29 is 57.2 Å². The van der Waals surface area contributed by atoms with E-state index in [4.69, 9.17) is 28.4 Å². The van der Waals surface area contributed by atoms with Gasteiger partial charge in [-0.2, -0.15) is 5.26 Å². The van der Waals surface area contributed by atoms with Gasteiger partial charge in [0, 0.05) is 33.3 Å². The lowest BCUT2D eigenvalue weighted by Crippen LogP contribution is -2.65. The van der Waals surface area contributed by atoms with Crippen molar-refractivity contribution in [3.05, 3.63) is 46.5 Å². The summed E-state index contributed by atoms with van der Waals surface area (Å²) in [6.07, 6.45) is -7.22. The number of nitrogens with zero attached hydrogens (tertiary/aromatic N) is 1. The predicted molar refractivity (Wildman–Crippen MR) is 148 cm³/mol. The van der Waals surface area contributed by atoms with E-state index in [1.54, 1.807) is 36.4 Å². The summed E-state index contributed by atoms with van der Waals surface area (Å²) in [5.41, 5.74) is -0.156. The minimum atomic E-state index is -1.53. The average molecular weight is 621 g/mol. The van der Waals surface area contributed by atoms with Crippen LogP contribution >= 0.6 is 11.8 Å². The molecule has 0 saturated carbocycles. The molecule has 0 bridgehead atoms. The second-order valence-corrected chi connectivity index (χ2v) is 9.86.